The Bertz CT molecular complexity index is 317. The van der Waals surface area contributed by atoms with Crippen LogP contribution in [0.5, 0.6) is 0 Å². The Morgan fingerprint density at radius 3 is 2.53 bits per heavy atom. The van der Waals surface area contributed by atoms with Gasteiger partial charge in [0.2, 0.25) is 0 Å². The van der Waals surface area contributed by atoms with Gasteiger partial charge in [-0.3, -0.25) is 0 Å². The third-order valence-corrected chi connectivity index (χ3v) is 3.16. The minimum absolute atomic E-state index is 0.373. The van der Waals surface area contributed by atoms with Gasteiger partial charge in [-0.05, 0) is 31.2 Å². The van der Waals surface area contributed by atoms with Gasteiger partial charge in [-0.25, -0.2) is 4.98 Å². The van der Waals surface area contributed by atoms with Crippen LogP contribution >= 0.6 is 0 Å². The number of rotatable bonds is 7. The molecule has 98 valence electrons. The maximum atomic E-state index is 4.50. The summed E-state index contributed by atoms with van der Waals surface area (Å²) in [6, 6.07) is 0.373. The van der Waals surface area contributed by atoms with E-state index in [9.17, 15) is 0 Å². The Kier molecular flexibility index (Phi) is 5.69. The zero-order valence-electron chi connectivity index (χ0n) is 11.9. The van der Waals surface area contributed by atoms with Crippen molar-refractivity contribution in [1.29, 1.82) is 0 Å². The fraction of sp³-hybridized carbons (Fsp3) is 0.786. The molecule has 17 heavy (non-hydrogen) atoms. The monoisotopic (exact) mass is 237 g/mol. The van der Waals surface area contributed by atoms with Gasteiger partial charge in [-0.15, -0.1) is 0 Å². The van der Waals surface area contributed by atoms with Crippen LogP contribution in [0.3, 0.4) is 0 Å². The molecule has 0 radical (unpaired) electrons. The van der Waals surface area contributed by atoms with Crippen LogP contribution in [0.2, 0.25) is 0 Å². The molecule has 0 spiro atoms. The molecule has 0 saturated carbocycles. The molecule has 0 aromatic carbocycles. The number of aromatic nitrogens is 2. The van der Waals surface area contributed by atoms with Crippen molar-refractivity contribution in [3.05, 3.63) is 18.2 Å². The molecule has 0 bridgehead atoms. The van der Waals surface area contributed by atoms with Crippen molar-refractivity contribution in [2.45, 2.75) is 46.6 Å². The molecule has 1 heterocycles. The number of hydrogen-bond donors (Lipinski definition) is 1. The average Bonchev–Trinajstić information content (AvgIpc) is 2.64. The van der Waals surface area contributed by atoms with Gasteiger partial charge in [0.05, 0.1) is 6.04 Å². The van der Waals surface area contributed by atoms with E-state index in [2.05, 4.69) is 49.6 Å². The molecule has 1 rings (SSSR count). The van der Waals surface area contributed by atoms with Crippen LogP contribution in [0.4, 0.5) is 0 Å². The summed E-state index contributed by atoms with van der Waals surface area (Å²) in [5, 5.41) is 3.63. The largest absolute Gasteiger partial charge is 0.337 e. The minimum Gasteiger partial charge on any atom is -0.337 e. The van der Waals surface area contributed by atoms with Crippen LogP contribution in [0.25, 0.3) is 0 Å². The van der Waals surface area contributed by atoms with Gasteiger partial charge >= 0.3 is 0 Å². The predicted octanol–water partition coefficient (Wildman–Crippen LogP) is 3.14. The molecule has 2 atom stereocenters. The van der Waals surface area contributed by atoms with Crippen LogP contribution in [-0.4, -0.2) is 16.1 Å². The number of nitrogens with zero attached hydrogens (tertiary/aromatic N) is 2. The maximum absolute atomic E-state index is 4.50. The molecule has 0 aliphatic carbocycles. The van der Waals surface area contributed by atoms with E-state index in [1.54, 1.807) is 0 Å². The van der Waals surface area contributed by atoms with Gasteiger partial charge in [0.15, 0.2) is 0 Å². The van der Waals surface area contributed by atoms with E-state index in [4.69, 9.17) is 0 Å². The highest BCUT2D eigenvalue weighted by Gasteiger charge is 2.22. The number of aryl methyl sites for hydroxylation is 1. The number of hydrogen-bond acceptors (Lipinski definition) is 2. The summed E-state index contributed by atoms with van der Waals surface area (Å²) in [7, 11) is 2.07. The summed E-state index contributed by atoms with van der Waals surface area (Å²) >= 11 is 0. The van der Waals surface area contributed by atoms with Gasteiger partial charge in [0.1, 0.15) is 5.82 Å². The van der Waals surface area contributed by atoms with E-state index >= 15 is 0 Å². The van der Waals surface area contributed by atoms with E-state index in [-0.39, 0.29) is 0 Å². The van der Waals surface area contributed by atoms with Crippen LogP contribution in [0.15, 0.2) is 12.4 Å². The van der Waals surface area contributed by atoms with Crippen LogP contribution in [0.1, 0.15) is 52.4 Å². The second-order valence-corrected chi connectivity index (χ2v) is 5.43. The number of imidazole rings is 1. The highest BCUT2D eigenvalue weighted by molar-refractivity contribution is 5.00. The second kappa shape index (κ2) is 6.80. The van der Waals surface area contributed by atoms with Crippen molar-refractivity contribution in [3.63, 3.8) is 0 Å². The highest BCUT2D eigenvalue weighted by atomic mass is 15.1. The molecule has 0 aliphatic heterocycles. The highest BCUT2D eigenvalue weighted by Crippen LogP contribution is 2.25. The van der Waals surface area contributed by atoms with Crippen molar-refractivity contribution in [2.75, 3.05) is 6.54 Å². The quantitative estimate of drug-likeness (QED) is 0.789. The third kappa shape index (κ3) is 4.15. The van der Waals surface area contributed by atoms with Crippen molar-refractivity contribution >= 4 is 0 Å². The molecule has 1 N–H and O–H groups in total. The molecular formula is C14H27N3. The van der Waals surface area contributed by atoms with Crippen LogP contribution in [0, 0.1) is 11.8 Å². The van der Waals surface area contributed by atoms with Crippen molar-refractivity contribution < 1.29 is 0 Å². The molecule has 1 aromatic heterocycles. The lowest BCUT2D eigenvalue weighted by molar-refractivity contribution is 0.313. The summed E-state index contributed by atoms with van der Waals surface area (Å²) < 4.78 is 2.13. The van der Waals surface area contributed by atoms with Crippen molar-refractivity contribution in [1.82, 2.24) is 14.9 Å². The first-order chi connectivity index (χ1) is 8.06. The Morgan fingerprint density at radius 1 is 1.35 bits per heavy atom. The molecule has 3 nitrogen and oxygen atoms in total. The lowest BCUT2D eigenvalue weighted by Crippen LogP contribution is -2.30. The summed E-state index contributed by atoms with van der Waals surface area (Å²) in [5.41, 5.74) is 0. The van der Waals surface area contributed by atoms with E-state index in [0.29, 0.717) is 12.0 Å². The van der Waals surface area contributed by atoms with Crippen molar-refractivity contribution in [3.8, 4) is 0 Å². The normalized spacial score (nSPS) is 15.2. The topological polar surface area (TPSA) is 29.9 Å². The summed E-state index contributed by atoms with van der Waals surface area (Å²) in [6.45, 7) is 10.1. The zero-order chi connectivity index (χ0) is 12.8. The summed E-state index contributed by atoms with van der Waals surface area (Å²) in [5.74, 6) is 2.51. The smallest absolute Gasteiger partial charge is 0.125 e. The Morgan fingerprint density at radius 2 is 2.06 bits per heavy atom. The molecular weight excluding hydrogens is 210 g/mol. The first-order valence-electron chi connectivity index (χ1n) is 6.76. The molecule has 0 amide bonds. The van der Waals surface area contributed by atoms with E-state index in [0.717, 1.165) is 24.7 Å². The predicted molar refractivity (Wildman–Crippen MR) is 72.9 cm³/mol. The molecule has 0 saturated heterocycles. The van der Waals surface area contributed by atoms with Gasteiger partial charge < -0.3 is 9.88 Å². The first kappa shape index (κ1) is 14.2. The summed E-state index contributed by atoms with van der Waals surface area (Å²) in [4.78, 5) is 4.50. The van der Waals surface area contributed by atoms with Crippen LogP contribution < -0.4 is 5.32 Å². The Hall–Kier alpha value is -0.830. The van der Waals surface area contributed by atoms with E-state index in [1.807, 2.05) is 12.4 Å². The maximum Gasteiger partial charge on any atom is 0.125 e. The summed E-state index contributed by atoms with van der Waals surface area (Å²) in [6.07, 6.45) is 6.31. The molecule has 3 heteroatoms. The fourth-order valence-corrected chi connectivity index (χ4v) is 2.40. The van der Waals surface area contributed by atoms with E-state index < -0.39 is 0 Å². The van der Waals surface area contributed by atoms with Gasteiger partial charge in [0.25, 0.3) is 0 Å². The average molecular weight is 237 g/mol. The lowest BCUT2D eigenvalue weighted by atomic mass is 9.91. The number of nitrogens with one attached hydrogen (secondary N) is 1. The van der Waals surface area contributed by atoms with Crippen molar-refractivity contribution in [2.24, 2.45) is 18.9 Å². The zero-order valence-corrected chi connectivity index (χ0v) is 11.9. The second-order valence-electron chi connectivity index (χ2n) is 5.43. The Labute approximate surface area is 106 Å². The van der Waals surface area contributed by atoms with Gasteiger partial charge in [-0.1, -0.05) is 27.7 Å². The lowest BCUT2D eigenvalue weighted by Gasteiger charge is -2.26. The molecule has 0 fully saturated rings. The van der Waals surface area contributed by atoms with Gasteiger partial charge in [0, 0.05) is 19.4 Å². The first-order valence-corrected chi connectivity index (χ1v) is 6.76. The molecule has 0 aliphatic rings. The molecule has 2 unspecified atom stereocenters. The molecule has 1 aromatic rings. The fourth-order valence-electron chi connectivity index (χ4n) is 2.40. The minimum atomic E-state index is 0.373. The van der Waals surface area contributed by atoms with E-state index in [1.165, 1.54) is 6.42 Å². The standard InChI is InChI=1S/C14H27N3/c1-6-7-15-13(12(4)10-11(2)3)14-16-8-9-17(14)5/h8-9,11-13,15H,6-7,10H2,1-5H3. The van der Waals surface area contributed by atoms with Crippen LogP contribution in [-0.2, 0) is 7.05 Å². The third-order valence-electron chi connectivity index (χ3n) is 3.16. The SMILES string of the molecule is CCCNC(c1nccn1C)C(C)CC(C)C. The Balaban J connectivity index is 2.76. The van der Waals surface area contributed by atoms with Gasteiger partial charge in [-0.2, -0.15) is 0 Å².